The first-order valence-corrected chi connectivity index (χ1v) is 5.04. The van der Waals surface area contributed by atoms with Gasteiger partial charge < -0.3 is 16.6 Å². The number of anilines is 2. The van der Waals surface area contributed by atoms with Crippen molar-refractivity contribution < 1.29 is 5.11 Å². The molecule has 0 amide bonds. The maximum atomic E-state index is 9.69. The van der Waals surface area contributed by atoms with E-state index in [0.29, 0.717) is 11.4 Å². The first kappa shape index (κ1) is 10.4. The highest BCUT2D eigenvalue weighted by Crippen LogP contribution is 2.37. The molecule has 2 aromatic rings. The molecule has 0 unspecified atom stereocenters. The van der Waals surface area contributed by atoms with Gasteiger partial charge in [0.1, 0.15) is 0 Å². The number of phenolic OH excluding ortho intramolecular Hbond substituents is 1. The van der Waals surface area contributed by atoms with Crippen LogP contribution in [0.4, 0.5) is 11.4 Å². The number of benzene rings is 2. The van der Waals surface area contributed by atoms with Crippen molar-refractivity contribution >= 4 is 11.4 Å². The van der Waals surface area contributed by atoms with Gasteiger partial charge in [-0.3, -0.25) is 0 Å². The van der Waals surface area contributed by atoms with E-state index in [-0.39, 0.29) is 5.75 Å². The molecule has 0 saturated heterocycles. The third kappa shape index (κ3) is 1.56. The second-order valence-electron chi connectivity index (χ2n) is 3.78. The van der Waals surface area contributed by atoms with Gasteiger partial charge in [-0.1, -0.05) is 24.3 Å². The number of nitrogen functional groups attached to an aromatic ring is 2. The lowest BCUT2D eigenvalue weighted by Crippen LogP contribution is -1.95. The van der Waals surface area contributed by atoms with E-state index in [1.54, 1.807) is 6.07 Å². The summed E-state index contributed by atoms with van der Waals surface area (Å²) in [7, 11) is 0. The highest BCUT2D eigenvalue weighted by atomic mass is 16.3. The van der Waals surface area contributed by atoms with Gasteiger partial charge >= 0.3 is 0 Å². The van der Waals surface area contributed by atoms with Gasteiger partial charge in [0.2, 0.25) is 0 Å². The number of hydrogen-bond donors (Lipinski definition) is 3. The summed E-state index contributed by atoms with van der Waals surface area (Å²) in [5.41, 5.74) is 15.0. The maximum absolute atomic E-state index is 9.69. The van der Waals surface area contributed by atoms with Gasteiger partial charge in [0.15, 0.2) is 5.75 Å². The first-order valence-electron chi connectivity index (χ1n) is 5.04. The van der Waals surface area contributed by atoms with Crippen molar-refractivity contribution in [1.82, 2.24) is 0 Å². The zero-order valence-corrected chi connectivity index (χ0v) is 9.07. The standard InChI is InChI=1S/C13H14N2O/c1-8-4-2-3-5-9(8)10-6-7-11(14)13(16)12(10)15/h2-7,16H,14-15H2,1H3. The molecule has 0 saturated carbocycles. The van der Waals surface area contributed by atoms with E-state index >= 15 is 0 Å². The van der Waals surface area contributed by atoms with Crippen LogP contribution in [0.1, 0.15) is 5.56 Å². The average Bonchev–Trinajstić information content (AvgIpc) is 2.28. The summed E-state index contributed by atoms with van der Waals surface area (Å²) in [5, 5.41) is 9.69. The zero-order valence-electron chi connectivity index (χ0n) is 9.07. The molecule has 2 rings (SSSR count). The van der Waals surface area contributed by atoms with Gasteiger partial charge in [0.05, 0.1) is 11.4 Å². The number of rotatable bonds is 1. The molecule has 0 radical (unpaired) electrons. The SMILES string of the molecule is Cc1ccccc1-c1ccc(N)c(O)c1N. The van der Waals surface area contributed by atoms with E-state index in [1.165, 1.54) is 0 Å². The fraction of sp³-hybridized carbons (Fsp3) is 0.0769. The van der Waals surface area contributed by atoms with Crippen molar-refractivity contribution in [3.8, 4) is 16.9 Å². The predicted molar refractivity (Wildman–Crippen MR) is 67.1 cm³/mol. The monoisotopic (exact) mass is 214 g/mol. The van der Waals surface area contributed by atoms with Gasteiger partial charge in [-0.15, -0.1) is 0 Å². The van der Waals surface area contributed by atoms with Crippen molar-refractivity contribution in [2.75, 3.05) is 11.5 Å². The Labute approximate surface area is 94.3 Å². The van der Waals surface area contributed by atoms with E-state index in [2.05, 4.69) is 0 Å². The molecule has 3 nitrogen and oxygen atoms in total. The minimum atomic E-state index is -0.0410. The average molecular weight is 214 g/mol. The van der Waals surface area contributed by atoms with Crippen LogP contribution in [0.15, 0.2) is 36.4 Å². The molecule has 0 heterocycles. The molecule has 0 bridgehead atoms. The quantitative estimate of drug-likeness (QED) is 0.504. The molecule has 0 aliphatic carbocycles. The number of hydrogen-bond acceptors (Lipinski definition) is 3. The summed E-state index contributed by atoms with van der Waals surface area (Å²) >= 11 is 0. The second kappa shape index (κ2) is 3.77. The fourth-order valence-corrected chi connectivity index (χ4v) is 1.73. The predicted octanol–water partition coefficient (Wildman–Crippen LogP) is 2.53. The largest absolute Gasteiger partial charge is 0.504 e. The van der Waals surface area contributed by atoms with Gasteiger partial charge in [0, 0.05) is 5.56 Å². The molecule has 5 N–H and O–H groups in total. The highest BCUT2D eigenvalue weighted by molar-refractivity contribution is 5.85. The minimum absolute atomic E-state index is 0.0410. The summed E-state index contributed by atoms with van der Waals surface area (Å²) in [5.74, 6) is -0.0410. The van der Waals surface area contributed by atoms with Crippen LogP contribution in [-0.4, -0.2) is 5.11 Å². The van der Waals surface area contributed by atoms with Gasteiger partial charge in [-0.2, -0.15) is 0 Å². The molecular weight excluding hydrogens is 200 g/mol. The van der Waals surface area contributed by atoms with Crippen LogP contribution < -0.4 is 11.5 Å². The Morgan fingerprint density at radius 1 is 0.938 bits per heavy atom. The maximum Gasteiger partial charge on any atom is 0.162 e. The van der Waals surface area contributed by atoms with Crippen LogP contribution in [0.5, 0.6) is 5.75 Å². The molecule has 2 aromatic carbocycles. The first-order chi connectivity index (χ1) is 7.61. The van der Waals surface area contributed by atoms with E-state index in [0.717, 1.165) is 16.7 Å². The van der Waals surface area contributed by atoms with Crippen molar-refractivity contribution in [1.29, 1.82) is 0 Å². The van der Waals surface area contributed by atoms with E-state index in [1.807, 2.05) is 37.3 Å². The summed E-state index contributed by atoms with van der Waals surface area (Å²) in [4.78, 5) is 0. The van der Waals surface area contributed by atoms with Crippen LogP contribution in [-0.2, 0) is 0 Å². The van der Waals surface area contributed by atoms with E-state index in [9.17, 15) is 5.11 Å². The third-order valence-corrected chi connectivity index (χ3v) is 2.68. The minimum Gasteiger partial charge on any atom is -0.504 e. The Bertz CT molecular complexity index is 535. The highest BCUT2D eigenvalue weighted by Gasteiger charge is 2.10. The molecule has 0 spiro atoms. The molecular formula is C13H14N2O. The number of aryl methyl sites for hydroxylation is 1. The van der Waals surface area contributed by atoms with Gasteiger partial charge in [-0.05, 0) is 30.2 Å². The van der Waals surface area contributed by atoms with Gasteiger partial charge in [0.25, 0.3) is 0 Å². The molecule has 0 aromatic heterocycles. The summed E-state index contributed by atoms with van der Waals surface area (Å²) in [6.45, 7) is 2.00. The molecule has 0 aliphatic rings. The number of nitrogens with two attached hydrogens (primary N) is 2. The Hall–Kier alpha value is -2.16. The Morgan fingerprint density at radius 3 is 2.31 bits per heavy atom. The Morgan fingerprint density at radius 2 is 1.62 bits per heavy atom. The van der Waals surface area contributed by atoms with E-state index < -0.39 is 0 Å². The lowest BCUT2D eigenvalue weighted by atomic mass is 9.98. The molecule has 0 aliphatic heterocycles. The smallest absolute Gasteiger partial charge is 0.162 e. The molecule has 3 heteroatoms. The second-order valence-corrected chi connectivity index (χ2v) is 3.78. The molecule has 82 valence electrons. The lowest BCUT2D eigenvalue weighted by molar-refractivity contribution is 0.481. The molecule has 0 atom stereocenters. The fourth-order valence-electron chi connectivity index (χ4n) is 1.73. The molecule has 16 heavy (non-hydrogen) atoms. The van der Waals surface area contributed by atoms with E-state index in [4.69, 9.17) is 11.5 Å². The topological polar surface area (TPSA) is 72.3 Å². The summed E-state index contributed by atoms with van der Waals surface area (Å²) in [6.07, 6.45) is 0. The van der Waals surface area contributed by atoms with Crippen molar-refractivity contribution in [2.24, 2.45) is 0 Å². The Balaban J connectivity index is 2.66. The lowest BCUT2D eigenvalue weighted by Gasteiger charge is -2.11. The van der Waals surface area contributed by atoms with Crippen LogP contribution in [0.2, 0.25) is 0 Å². The number of aromatic hydroxyl groups is 1. The summed E-state index contributed by atoms with van der Waals surface area (Å²) in [6, 6.07) is 11.4. The van der Waals surface area contributed by atoms with Crippen LogP contribution >= 0.6 is 0 Å². The van der Waals surface area contributed by atoms with Crippen molar-refractivity contribution in [3.63, 3.8) is 0 Å². The van der Waals surface area contributed by atoms with Crippen molar-refractivity contribution in [2.45, 2.75) is 6.92 Å². The third-order valence-electron chi connectivity index (χ3n) is 2.68. The van der Waals surface area contributed by atoms with Crippen molar-refractivity contribution in [3.05, 3.63) is 42.0 Å². The van der Waals surface area contributed by atoms with Crippen LogP contribution in [0.25, 0.3) is 11.1 Å². The summed E-state index contributed by atoms with van der Waals surface area (Å²) < 4.78 is 0. The Kier molecular flexibility index (Phi) is 2.44. The van der Waals surface area contributed by atoms with Crippen LogP contribution in [0, 0.1) is 6.92 Å². The number of phenols is 1. The molecule has 0 fully saturated rings. The van der Waals surface area contributed by atoms with Crippen LogP contribution in [0.3, 0.4) is 0 Å². The normalized spacial score (nSPS) is 10.3. The zero-order chi connectivity index (χ0) is 11.7. The van der Waals surface area contributed by atoms with Gasteiger partial charge in [-0.25, -0.2) is 0 Å².